The molecule has 2 aromatic rings. The van der Waals surface area contributed by atoms with E-state index in [1.54, 1.807) is 12.1 Å². The lowest BCUT2D eigenvalue weighted by molar-refractivity contribution is -0.113. The Hall–Kier alpha value is -1.81. The molecule has 1 atom stereocenters. The number of aromatic hydroxyl groups is 1. The Balaban J connectivity index is 2.77. The molecule has 0 fully saturated rings. The monoisotopic (exact) mass is 265 g/mol. The molecule has 18 heavy (non-hydrogen) atoms. The minimum atomic E-state index is -0.448. The summed E-state index contributed by atoms with van der Waals surface area (Å²) < 4.78 is 0. The van der Waals surface area contributed by atoms with Gasteiger partial charge in [-0.05, 0) is 35.7 Å². The average Bonchev–Trinajstić information content (AvgIpc) is 2.33. The summed E-state index contributed by atoms with van der Waals surface area (Å²) in [6.45, 7) is 1.86. The fourth-order valence-corrected chi connectivity index (χ4v) is 2.34. The number of fused-ring (bicyclic) bond motifs is 1. The molecule has 2 N–H and O–H groups in total. The maximum absolute atomic E-state index is 11.4. The summed E-state index contributed by atoms with van der Waals surface area (Å²) in [5.41, 5.74) is 0.734. The van der Waals surface area contributed by atoms with Crippen molar-refractivity contribution >= 4 is 27.7 Å². The smallest absolute Gasteiger partial charge is 0.248 e. The molecule has 0 spiro atoms. The molecule has 0 saturated heterocycles. The van der Waals surface area contributed by atoms with Gasteiger partial charge in [-0.15, -0.1) is 0 Å². The highest BCUT2D eigenvalue weighted by atomic mass is 35.5. The van der Waals surface area contributed by atoms with E-state index in [2.05, 4.69) is 4.98 Å². The van der Waals surface area contributed by atoms with Crippen molar-refractivity contribution in [3.63, 3.8) is 0 Å². The van der Waals surface area contributed by atoms with E-state index in [9.17, 15) is 14.7 Å². The molecule has 0 amide bonds. The highest BCUT2D eigenvalue weighted by Gasteiger charge is 2.20. The third-order valence-corrected chi connectivity index (χ3v) is 3.23. The van der Waals surface area contributed by atoms with Gasteiger partial charge in [-0.1, -0.05) is 13.0 Å². The summed E-state index contributed by atoms with van der Waals surface area (Å²) in [7, 11) is 0. The number of H-pyrrole nitrogens is 1. The van der Waals surface area contributed by atoms with Crippen LogP contribution in [0, 0.1) is 0 Å². The molecule has 5 heteroatoms. The third kappa shape index (κ3) is 2.11. The number of carbonyl (C=O) groups excluding carboxylic acids is 1. The molecular weight excluding hydrogens is 254 g/mol. The van der Waals surface area contributed by atoms with Gasteiger partial charge in [0.15, 0.2) is 0 Å². The van der Waals surface area contributed by atoms with E-state index >= 15 is 0 Å². The fraction of sp³-hybridized carbons (Fsp3) is 0.231. The molecule has 94 valence electrons. The van der Waals surface area contributed by atoms with Crippen molar-refractivity contribution in [3.05, 3.63) is 40.2 Å². The lowest BCUT2D eigenvalue weighted by atomic mass is 9.93. The fourth-order valence-electron chi connectivity index (χ4n) is 2.07. The molecular formula is C13H12ClNO3. The molecule has 0 bridgehead atoms. The molecule has 0 saturated carbocycles. The summed E-state index contributed by atoms with van der Waals surface area (Å²) in [6.07, 6.45) is 0.557. The first-order valence-electron chi connectivity index (χ1n) is 5.58. The minimum absolute atomic E-state index is 0.0247. The first kappa shape index (κ1) is 12.6. The predicted molar refractivity (Wildman–Crippen MR) is 70.1 cm³/mol. The lowest BCUT2D eigenvalue weighted by Gasteiger charge is -2.13. The van der Waals surface area contributed by atoms with Gasteiger partial charge in [0.05, 0.1) is 11.4 Å². The van der Waals surface area contributed by atoms with Gasteiger partial charge in [0.25, 0.3) is 0 Å². The highest BCUT2D eigenvalue weighted by Crippen LogP contribution is 2.32. The second kappa shape index (κ2) is 4.82. The van der Waals surface area contributed by atoms with Crippen LogP contribution in [-0.2, 0) is 4.79 Å². The number of aromatic amines is 1. The van der Waals surface area contributed by atoms with Crippen LogP contribution < -0.4 is 5.56 Å². The number of hydrogen-bond acceptors (Lipinski definition) is 3. The van der Waals surface area contributed by atoms with Crippen LogP contribution in [0.4, 0.5) is 0 Å². The number of nitrogens with one attached hydrogen (secondary N) is 1. The van der Waals surface area contributed by atoms with Gasteiger partial charge in [-0.25, -0.2) is 0 Å². The second-order valence-corrected chi connectivity index (χ2v) is 4.42. The lowest BCUT2D eigenvalue weighted by Crippen LogP contribution is -2.08. The number of phenolic OH excluding ortho intramolecular Hbond substituents is 1. The molecule has 1 unspecified atom stereocenters. The number of aromatic nitrogens is 1. The molecule has 0 aliphatic heterocycles. The summed E-state index contributed by atoms with van der Waals surface area (Å²) in [6, 6.07) is 6.06. The molecule has 1 heterocycles. The number of rotatable bonds is 3. The minimum Gasteiger partial charge on any atom is -0.506 e. The van der Waals surface area contributed by atoms with Crippen LogP contribution >= 0.6 is 11.6 Å². The summed E-state index contributed by atoms with van der Waals surface area (Å²) in [5.74, 6) is -0.469. The summed E-state index contributed by atoms with van der Waals surface area (Å²) in [5, 5.41) is 9.91. The van der Waals surface area contributed by atoms with E-state index in [1.165, 1.54) is 12.1 Å². The molecule has 2 rings (SSSR count). The van der Waals surface area contributed by atoms with Gasteiger partial charge in [0.2, 0.25) is 10.8 Å². The zero-order chi connectivity index (χ0) is 13.3. The topological polar surface area (TPSA) is 70.2 Å². The highest BCUT2D eigenvalue weighted by molar-refractivity contribution is 6.64. The van der Waals surface area contributed by atoms with Crippen LogP contribution in [0.5, 0.6) is 5.75 Å². The zero-order valence-electron chi connectivity index (χ0n) is 9.74. The van der Waals surface area contributed by atoms with Crippen molar-refractivity contribution in [1.82, 2.24) is 4.98 Å². The first-order chi connectivity index (χ1) is 8.54. The van der Waals surface area contributed by atoms with Crippen LogP contribution in [0.3, 0.4) is 0 Å². The molecule has 0 radical (unpaired) electrons. The van der Waals surface area contributed by atoms with Crippen molar-refractivity contribution < 1.29 is 9.90 Å². The number of carbonyl (C=O) groups is 1. The van der Waals surface area contributed by atoms with Crippen molar-refractivity contribution in [2.24, 2.45) is 0 Å². The van der Waals surface area contributed by atoms with E-state index in [1.807, 2.05) is 6.92 Å². The van der Waals surface area contributed by atoms with E-state index in [-0.39, 0.29) is 11.3 Å². The van der Waals surface area contributed by atoms with Crippen LogP contribution in [-0.4, -0.2) is 15.3 Å². The van der Waals surface area contributed by atoms with Crippen molar-refractivity contribution in [2.75, 3.05) is 0 Å². The first-order valence-corrected chi connectivity index (χ1v) is 5.96. The number of hydrogen-bond donors (Lipinski definition) is 2. The van der Waals surface area contributed by atoms with Gasteiger partial charge in [-0.3, -0.25) is 9.59 Å². The van der Waals surface area contributed by atoms with Crippen LogP contribution in [0.1, 0.15) is 24.8 Å². The number of pyridine rings is 1. The van der Waals surface area contributed by atoms with E-state index in [0.29, 0.717) is 22.9 Å². The van der Waals surface area contributed by atoms with E-state index < -0.39 is 11.2 Å². The zero-order valence-corrected chi connectivity index (χ0v) is 10.5. The standard InChI is InChI=1S/C13H12ClNO3/c1-2-7(13(14)18)8-3-5-10(16)12-9(8)4-6-11(17)15-12/h3-7,16H,2H2,1H3,(H,15,17). The molecule has 4 nitrogen and oxygen atoms in total. The normalized spacial score (nSPS) is 12.6. The third-order valence-electron chi connectivity index (χ3n) is 2.96. The Labute approximate surface area is 108 Å². The van der Waals surface area contributed by atoms with Gasteiger partial charge < -0.3 is 10.1 Å². The Morgan fingerprint density at radius 1 is 1.39 bits per heavy atom. The maximum Gasteiger partial charge on any atom is 0.248 e. The molecule has 1 aromatic heterocycles. The van der Waals surface area contributed by atoms with Crippen LogP contribution in [0.2, 0.25) is 0 Å². The molecule has 0 aliphatic carbocycles. The summed E-state index contributed by atoms with van der Waals surface area (Å²) >= 11 is 5.58. The van der Waals surface area contributed by atoms with Crippen LogP contribution in [0.25, 0.3) is 10.9 Å². The van der Waals surface area contributed by atoms with Crippen molar-refractivity contribution in [1.29, 1.82) is 0 Å². The van der Waals surface area contributed by atoms with Gasteiger partial charge in [-0.2, -0.15) is 0 Å². The number of phenols is 1. The SMILES string of the molecule is CCC(C(=O)Cl)c1ccc(O)c2[nH]c(=O)ccc12. The number of benzene rings is 1. The Morgan fingerprint density at radius 3 is 2.72 bits per heavy atom. The Kier molecular flexibility index (Phi) is 3.39. The molecule has 1 aromatic carbocycles. The van der Waals surface area contributed by atoms with E-state index in [4.69, 9.17) is 11.6 Å². The largest absolute Gasteiger partial charge is 0.506 e. The molecule has 0 aliphatic rings. The second-order valence-electron chi connectivity index (χ2n) is 4.05. The average molecular weight is 266 g/mol. The van der Waals surface area contributed by atoms with Gasteiger partial charge in [0, 0.05) is 11.5 Å². The van der Waals surface area contributed by atoms with Crippen molar-refractivity contribution in [3.8, 4) is 5.75 Å². The maximum atomic E-state index is 11.4. The predicted octanol–water partition coefficient (Wildman–Crippen LogP) is 2.49. The van der Waals surface area contributed by atoms with Gasteiger partial charge >= 0.3 is 0 Å². The van der Waals surface area contributed by atoms with Gasteiger partial charge in [0.1, 0.15) is 5.75 Å². The Morgan fingerprint density at radius 2 is 2.11 bits per heavy atom. The van der Waals surface area contributed by atoms with Crippen molar-refractivity contribution in [2.45, 2.75) is 19.3 Å². The number of halogens is 1. The Bertz CT molecular complexity index is 663. The quantitative estimate of drug-likeness (QED) is 0.838. The van der Waals surface area contributed by atoms with E-state index in [0.717, 1.165) is 0 Å². The summed E-state index contributed by atoms with van der Waals surface area (Å²) in [4.78, 5) is 25.2. The van der Waals surface area contributed by atoms with Crippen LogP contribution in [0.15, 0.2) is 29.1 Å².